The molecular formula is C43H55ClN2O12S3-2. The van der Waals surface area contributed by atoms with Crippen molar-refractivity contribution in [3.05, 3.63) is 93.7 Å². The third-order valence-electron chi connectivity index (χ3n) is 11.8. The van der Waals surface area contributed by atoms with Crippen LogP contribution in [-0.4, -0.2) is 92.8 Å². The molecule has 3 aliphatic rings. The summed E-state index contributed by atoms with van der Waals surface area (Å²) in [4.78, 5) is 12.4. The van der Waals surface area contributed by atoms with E-state index in [4.69, 9.17) is 21.4 Å². The third kappa shape index (κ3) is 11.3. The number of fused-ring (bicyclic) bond motifs is 2. The van der Waals surface area contributed by atoms with Gasteiger partial charge in [-0.3, -0.25) is 4.79 Å². The Hall–Kier alpha value is -3.68. The fraction of sp³-hybridized carbons (Fsp3) is 0.488. The van der Waals surface area contributed by atoms with Crippen LogP contribution < -0.4 is 4.90 Å². The lowest BCUT2D eigenvalue weighted by Crippen LogP contribution is -2.33. The topological polar surface area (TPSA) is 224 Å². The highest BCUT2D eigenvalue weighted by molar-refractivity contribution is 7.86. The molecule has 2 aliphatic heterocycles. The number of methoxy groups -OCH3 is 1. The smallest absolute Gasteiger partial charge is 0.303 e. The lowest BCUT2D eigenvalue weighted by atomic mass is 9.76. The van der Waals surface area contributed by atoms with Gasteiger partial charge >= 0.3 is 5.97 Å². The summed E-state index contributed by atoms with van der Waals surface area (Å²) in [7, 11) is -12.5. The standard InChI is InChI=1S/C42H53ClN2O12S3.CH4/c1-5-44-35-18-16-31(59(51,52)53)27-33(35)41(2,22-10-26-58(48,49)50)37(44)20-14-29-11-9-12-30(40(29)43)15-21-38-42(3,23-25-57-4)34-28-32(60(54,55)56)17-19-36(34)45(38)24-8-6-7-13-39(46)47;/h14-21,27-28H,5-13,22-26H2,1-4H3,(H3-,46,47,48,49,50,51,52,53,54,55,56);1H4/p-2. The van der Waals surface area contributed by atoms with E-state index in [2.05, 4.69) is 4.58 Å². The van der Waals surface area contributed by atoms with Gasteiger partial charge in [-0.05, 0) is 125 Å². The molecule has 0 bridgehead atoms. The molecule has 0 saturated carbocycles. The molecule has 1 aliphatic carbocycles. The number of carboxylic acids is 1. The van der Waals surface area contributed by atoms with Crippen LogP contribution in [0.25, 0.3) is 0 Å². The molecule has 2 atom stereocenters. The van der Waals surface area contributed by atoms with Crippen molar-refractivity contribution in [3.8, 4) is 0 Å². The van der Waals surface area contributed by atoms with Crippen LogP contribution in [0.1, 0.15) is 104 Å². The highest BCUT2D eigenvalue weighted by Crippen LogP contribution is 2.51. The number of anilines is 1. The Morgan fingerprint density at radius 1 is 0.885 bits per heavy atom. The van der Waals surface area contributed by atoms with E-state index in [9.17, 15) is 43.7 Å². The summed E-state index contributed by atoms with van der Waals surface area (Å²) < 4.78 is 115. The highest BCUT2D eigenvalue weighted by Gasteiger charge is 2.48. The number of carboxylic acid groups (broad SMARTS) is 1. The number of carbonyl (C=O) groups is 1. The quantitative estimate of drug-likeness (QED) is 0.0828. The minimum absolute atomic E-state index is 0. The number of ether oxygens (including phenoxy) is 1. The van der Waals surface area contributed by atoms with Crippen molar-refractivity contribution in [3.63, 3.8) is 0 Å². The zero-order valence-electron chi connectivity index (χ0n) is 34.1. The minimum atomic E-state index is -4.81. The van der Waals surface area contributed by atoms with E-state index in [1.807, 2.05) is 50.0 Å². The number of unbranched alkanes of at least 4 members (excludes halogenated alkanes) is 2. The molecule has 0 radical (unpaired) electrons. The molecule has 2 aromatic rings. The van der Waals surface area contributed by atoms with Crippen molar-refractivity contribution >= 4 is 65.0 Å². The summed E-state index contributed by atoms with van der Waals surface area (Å²) in [6.45, 7) is 7.01. The second-order valence-electron chi connectivity index (χ2n) is 15.8. The Morgan fingerprint density at radius 3 is 2.15 bits per heavy atom. The van der Waals surface area contributed by atoms with Gasteiger partial charge in [-0.1, -0.05) is 31.2 Å². The fourth-order valence-electron chi connectivity index (χ4n) is 8.68. The van der Waals surface area contributed by atoms with E-state index in [1.165, 1.54) is 24.3 Å². The molecule has 2 heterocycles. The predicted molar refractivity (Wildman–Crippen MR) is 231 cm³/mol. The number of rotatable bonds is 19. The van der Waals surface area contributed by atoms with E-state index in [1.54, 1.807) is 19.2 Å². The van der Waals surface area contributed by atoms with Gasteiger partial charge in [0.15, 0.2) is 5.71 Å². The molecule has 5 rings (SSSR count). The molecule has 14 nitrogen and oxygen atoms in total. The molecule has 1 N–H and O–H groups in total. The molecule has 18 heteroatoms. The molecule has 0 fully saturated rings. The van der Waals surface area contributed by atoms with Gasteiger partial charge < -0.3 is 28.4 Å². The first-order valence-corrected chi connectivity index (χ1v) is 24.6. The van der Waals surface area contributed by atoms with Crippen molar-refractivity contribution < 1.29 is 58.1 Å². The number of benzene rings is 2. The van der Waals surface area contributed by atoms with Crippen LogP contribution >= 0.6 is 11.6 Å². The van der Waals surface area contributed by atoms with Gasteiger partial charge in [0.25, 0.3) is 0 Å². The lowest BCUT2D eigenvalue weighted by molar-refractivity contribution is -0.438. The number of hydrogen-bond donors (Lipinski definition) is 1. The first-order valence-electron chi connectivity index (χ1n) is 19.8. The Bertz CT molecular complexity index is 2510. The van der Waals surface area contributed by atoms with Crippen molar-refractivity contribution in [2.24, 2.45) is 0 Å². The van der Waals surface area contributed by atoms with Crippen LogP contribution in [0.15, 0.2) is 92.4 Å². The second kappa shape index (κ2) is 19.8. The van der Waals surface area contributed by atoms with Crippen molar-refractivity contribution in [1.29, 1.82) is 0 Å². The maximum Gasteiger partial charge on any atom is 0.303 e. The number of likely N-dealkylation sites (N-methyl/N-ethyl adjacent to an activating group) is 1. The average Bonchev–Trinajstić information content (AvgIpc) is 3.54. The summed E-state index contributed by atoms with van der Waals surface area (Å²) >= 11 is 7.17. The van der Waals surface area contributed by atoms with E-state index in [-0.39, 0.29) is 31.6 Å². The van der Waals surface area contributed by atoms with Crippen LogP contribution in [0, 0.1) is 0 Å². The van der Waals surface area contributed by atoms with Gasteiger partial charge in [-0.25, -0.2) is 25.3 Å². The summed E-state index contributed by atoms with van der Waals surface area (Å²) in [6.07, 6.45) is 12.2. The largest absolute Gasteiger partial charge is 0.748 e. The Kier molecular flexibility index (Phi) is 16.2. The van der Waals surface area contributed by atoms with Crippen LogP contribution in [0.5, 0.6) is 0 Å². The molecule has 0 spiro atoms. The second-order valence-corrected chi connectivity index (χ2v) is 20.5. The lowest BCUT2D eigenvalue weighted by Gasteiger charge is -2.30. The molecule has 0 aromatic heterocycles. The van der Waals surface area contributed by atoms with E-state index >= 15 is 0 Å². The zero-order chi connectivity index (χ0) is 44.3. The van der Waals surface area contributed by atoms with Gasteiger partial charge in [0.1, 0.15) is 26.8 Å². The first kappa shape index (κ1) is 50.0. The average molecular weight is 924 g/mol. The van der Waals surface area contributed by atoms with Crippen molar-refractivity contribution in [1.82, 2.24) is 0 Å². The Balaban J connectivity index is 0.00000819. The summed E-state index contributed by atoms with van der Waals surface area (Å²) in [5, 5.41) is 9.66. The van der Waals surface area contributed by atoms with Crippen LogP contribution in [0.3, 0.4) is 0 Å². The summed E-state index contributed by atoms with van der Waals surface area (Å²) in [5.74, 6) is -1.49. The third-order valence-corrected chi connectivity index (χ3v) is 14.7. The monoisotopic (exact) mass is 922 g/mol. The predicted octanol–water partition coefficient (Wildman–Crippen LogP) is 7.34. The fourth-order valence-corrected chi connectivity index (χ4v) is 10.5. The number of halogens is 1. The summed E-state index contributed by atoms with van der Waals surface area (Å²) in [6, 6.07) is 8.52. The maximum atomic E-state index is 12.2. The molecule has 2 aromatic carbocycles. The molecule has 2 unspecified atom stereocenters. The van der Waals surface area contributed by atoms with Gasteiger partial charge in [-0.2, -0.15) is 4.58 Å². The van der Waals surface area contributed by atoms with Crippen molar-refractivity contribution in [2.45, 2.75) is 113 Å². The molecule has 336 valence electrons. The number of nitrogens with zero attached hydrogens (tertiary/aromatic N) is 2. The number of allylic oxidation sites excluding steroid dienone is 8. The van der Waals surface area contributed by atoms with E-state index in [0.717, 1.165) is 34.7 Å². The Labute approximate surface area is 365 Å². The van der Waals surface area contributed by atoms with E-state index in [0.29, 0.717) is 80.1 Å². The number of hydrogen-bond acceptors (Lipinski definition) is 12. The van der Waals surface area contributed by atoms with Gasteiger partial charge in [-0.15, -0.1) is 0 Å². The van der Waals surface area contributed by atoms with Crippen LogP contribution in [0.2, 0.25) is 0 Å². The SMILES string of the molecule is C.CCN1/C(=C/C=C2\CCCC(/C=C/C3=[N+](CCCCCC(=O)O)c4ccc(S(=O)(=O)[O-])cc4C3(C)CCOC)=C2Cl)C(C)(CCCS(=O)(=O)[O-])c2cc(S(=O)(=O)[O-])ccc21. The zero-order valence-corrected chi connectivity index (χ0v) is 37.3. The van der Waals surface area contributed by atoms with Crippen LogP contribution in [0.4, 0.5) is 11.4 Å². The normalized spacial score (nSPS) is 22.1. The Morgan fingerprint density at radius 2 is 1.54 bits per heavy atom. The number of aliphatic carboxylic acids is 1. The maximum absolute atomic E-state index is 12.2. The molecule has 0 saturated heterocycles. The first-order chi connectivity index (χ1) is 28.0. The van der Waals surface area contributed by atoms with Gasteiger partial charge in [0.05, 0.1) is 25.3 Å². The van der Waals surface area contributed by atoms with Gasteiger partial charge in [0.2, 0.25) is 5.69 Å². The van der Waals surface area contributed by atoms with E-state index < -0.39 is 57.8 Å². The highest BCUT2D eigenvalue weighted by atomic mass is 35.5. The van der Waals surface area contributed by atoms with Crippen LogP contribution in [-0.2, 0) is 50.7 Å². The molecule has 0 amide bonds. The minimum Gasteiger partial charge on any atom is -0.748 e. The molecule has 61 heavy (non-hydrogen) atoms. The molecular weight excluding hydrogens is 868 g/mol. The van der Waals surface area contributed by atoms with Crippen molar-refractivity contribution in [2.75, 3.05) is 37.5 Å². The van der Waals surface area contributed by atoms with Gasteiger partial charge in [0, 0.05) is 78.4 Å². The summed E-state index contributed by atoms with van der Waals surface area (Å²) in [5.41, 5.74) is 4.04.